The summed E-state index contributed by atoms with van der Waals surface area (Å²) in [6.07, 6.45) is 9.36. The molecule has 5 nitrogen and oxygen atoms in total. The molecule has 2 unspecified atom stereocenters. The second-order valence-electron chi connectivity index (χ2n) is 9.54. The molecule has 0 amide bonds. The molecule has 0 spiro atoms. The first-order chi connectivity index (χ1) is 14.8. The van der Waals surface area contributed by atoms with Crippen LogP contribution >= 0.6 is 0 Å². The van der Waals surface area contributed by atoms with Crippen LogP contribution in [0.1, 0.15) is 72.1 Å². The molecule has 0 bridgehead atoms. The predicted molar refractivity (Wildman–Crippen MR) is 127 cm³/mol. The number of hydrogen-bond acceptors (Lipinski definition) is 5. The third kappa shape index (κ3) is 6.27. The van der Waals surface area contributed by atoms with Crippen molar-refractivity contribution in [3.8, 4) is 6.07 Å². The van der Waals surface area contributed by atoms with Crippen LogP contribution in [0.3, 0.4) is 0 Å². The van der Waals surface area contributed by atoms with E-state index in [1.165, 1.54) is 46.8 Å². The van der Waals surface area contributed by atoms with Crippen LogP contribution in [-0.2, 0) is 19.1 Å². The molecule has 6 heteroatoms. The summed E-state index contributed by atoms with van der Waals surface area (Å²) in [7, 11) is 2.60. The van der Waals surface area contributed by atoms with Gasteiger partial charge in [-0.3, -0.25) is 0 Å². The van der Waals surface area contributed by atoms with Crippen molar-refractivity contribution >= 4 is 30.3 Å². The summed E-state index contributed by atoms with van der Waals surface area (Å²) in [6.45, 7) is 10.7. The van der Waals surface area contributed by atoms with Crippen LogP contribution in [0.2, 0.25) is 17.7 Å². The number of nitrogens with zero attached hydrogens (tertiary/aromatic N) is 1. The normalized spacial score (nSPS) is 22.5. The zero-order valence-corrected chi connectivity index (χ0v) is 23.3. The molecule has 0 heterocycles. The Morgan fingerprint density at radius 1 is 1.03 bits per heavy atom. The van der Waals surface area contributed by atoms with E-state index in [-0.39, 0.29) is 18.8 Å². The van der Waals surface area contributed by atoms with Gasteiger partial charge in [0.05, 0.1) is 0 Å². The topological polar surface area (TPSA) is 76.4 Å². The fraction of sp³-hybridized carbons (Fsp3) is 0.800. The molecule has 0 radical (unpaired) electrons. The maximum atomic E-state index is 12.8. The van der Waals surface area contributed by atoms with Gasteiger partial charge in [-0.1, -0.05) is 0 Å². The minimum atomic E-state index is -2.74. The second-order valence-corrected chi connectivity index (χ2v) is 23.4. The number of carbonyl (C=O) groups is 2. The molecule has 1 fully saturated rings. The van der Waals surface area contributed by atoms with Crippen molar-refractivity contribution in [1.82, 2.24) is 0 Å². The molecular formula is C25H43NO4Sn. The van der Waals surface area contributed by atoms with E-state index in [9.17, 15) is 14.9 Å². The van der Waals surface area contributed by atoms with E-state index in [0.29, 0.717) is 0 Å². The first-order valence-electron chi connectivity index (χ1n) is 12.0. The molecule has 1 rings (SSSR count). The van der Waals surface area contributed by atoms with E-state index < -0.39 is 41.1 Å². The van der Waals surface area contributed by atoms with Gasteiger partial charge in [-0.2, -0.15) is 0 Å². The summed E-state index contributed by atoms with van der Waals surface area (Å²) in [5.41, 5.74) is -2.15. The van der Waals surface area contributed by atoms with E-state index in [4.69, 9.17) is 9.47 Å². The molecule has 1 aliphatic rings. The van der Waals surface area contributed by atoms with Gasteiger partial charge in [0, 0.05) is 0 Å². The van der Waals surface area contributed by atoms with Gasteiger partial charge in [0.1, 0.15) is 0 Å². The van der Waals surface area contributed by atoms with Gasteiger partial charge in [-0.05, 0) is 0 Å². The zero-order valence-electron chi connectivity index (χ0n) is 20.4. The number of allylic oxidation sites excluding steroid dienone is 1. The number of unbranched alkanes of at least 4 members (excludes halogenated alkanes) is 3. The number of methoxy groups -OCH3 is 2. The van der Waals surface area contributed by atoms with Crippen molar-refractivity contribution in [2.75, 3.05) is 14.2 Å². The number of hydrogen-bond donors (Lipinski definition) is 0. The molecule has 0 aromatic carbocycles. The summed E-state index contributed by atoms with van der Waals surface area (Å²) in [5, 5.41) is 10.5. The van der Waals surface area contributed by atoms with E-state index in [0.717, 1.165) is 23.7 Å². The second kappa shape index (κ2) is 12.9. The molecule has 176 valence electrons. The van der Waals surface area contributed by atoms with E-state index in [1.54, 1.807) is 6.08 Å². The van der Waals surface area contributed by atoms with Gasteiger partial charge in [0.25, 0.3) is 0 Å². The van der Waals surface area contributed by atoms with Gasteiger partial charge in [0.2, 0.25) is 0 Å². The molecule has 0 aromatic heterocycles. The Hall–Kier alpha value is -1.03. The molecule has 31 heavy (non-hydrogen) atoms. The van der Waals surface area contributed by atoms with Gasteiger partial charge in [-0.15, -0.1) is 0 Å². The average molecular weight is 540 g/mol. The van der Waals surface area contributed by atoms with Crippen molar-refractivity contribution in [1.29, 1.82) is 5.26 Å². The van der Waals surface area contributed by atoms with Crippen molar-refractivity contribution < 1.29 is 19.1 Å². The van der Waals surface area contributed by atoms with Crippen molar-refractivity contribution in [2.45, 2.75) is 89.9 Å². The first-order valence-corrected chi connectivity index (χ1v) is 20.1. The van der Waals surface area contributed by atoms with E-state index in [1.807, 2.05) is 0 Å². The van der Waals surface area contributed by atoms with Crippen LogP contribution in [0.25, 0.3) is 0 Å². The molecule has 0 N–H and O–H groups in total. The average Bonchev–Trinajstić information content (AvgIpc) is 3.14. The number of esters is 2. The van der Waals surface area contributed by atoms with E-state index in [2.05, 4.69) is 33.4 Å². The van der Waals surface area contributed by atoms with Gasteiger partial charge < -0.3 is 0 Å². The van der Waals surface area contributed by atoms with Crippen LogP contribution in [0.15, 0.2) is 12.7 Å². The summed E-state index contributed by atoms with van der Waals surface area (Å²) >= 11 is -2.74. The molecular weight excluding hydrogens is 497 g/mol. The Kier molecular flexibility index (Phi) is 11.6. The predicted octanol–water partition coefficient (Wildman–Crippen LogP) is 6.27. The van der Waals surface area contributed by atoms with Crippen LogP contribution in [0.4, 0.5) is 0 Å². The quantitative estimate of drug-likeness (QED) is 0.112. The fourth-order valence-corrected chi connectivity index (χ4v) is 24.0. The first kappa shape index (κ1) is 28.0. The molecule has 0 aromatic rings. The van der Waals surface area contributed by atoms with Crippen LogP contribution in [0.5, 0.6) is 0 Å². The van der Waals surface area contributed by atoms with Crippen molar-refractivity contribution in [2.24, 2.45) is 16.7 Å². The zero-order chi connectivity index (χ0) is 23.5. The third-order valence-corrected chi connectivity index (χ3v) is 23.5. The molecule has 0 aliphatic heterocycles. The van der Waals surface area contributed by atoms with Crippen LogP contribution in [0, 0.1) is 28.1 Å². The Bertz CT molecular complexity index is 619. The van der Waals surface area contributed by atoms with E-state index >= 15 is 0 Å². The van der Waals surface area contributed by atoms with Crippen molar-refractivity contribution in [3.63, 3.8) is 0 Å². The molecule has 2 atom stereocenters. The van der Waals surface area contributed by atoms with Crippen LogP contribution < -0.4 is 0 Å². The van der Waals surface area contributed by atoms with Gasteiger partial charge in [-0.25, -0.2) is 0 Å². The standard InChI is InChI=1S/C13H16NO4.3C4H9.Sn/c1-5-9-6-13(10(15)17-3,11(16)18-4)7-12(9,2)8-14;3*1-3-4-2;/h5,9H,1-2,6-7H2,3-4H3;3*1,3-4H2,2H3;. The summed E-state index contributed by atoms with van der Waals surface area (Å²) in [6, 6.07) is 2.64. The number of rotatable bonds is 14. The maximum absolute atomic E-state index is 12.8. The molecule has 0 saturated heterocycles. The summed E-state index contributed by atoms with van der Waals surface area (Å²) in [4.78, 5) is 25.7. The molecule has 1 saturated carbocycles. The Morgan fingerprint density at radius 3 is 1.81 bits per heavy atom. The Balaban J connectivity index is 3.50. The minimum absolute atomic E-state index is 0.190. The van der Waals surface area contributed by atoms with Crippen LogP contribution in [-0.4, -0.2) is 44.5 Å². The van der Waals surface area contributed by atoms with Gasteiger partial charge in [0.15, 0.2) is 0 Å². The third-order valence-electron chi connectivity index (χ3n) is 7.43. The number of ether oxygens (including phenoxy) is 2. The monoisotopic (exact) mass is 541 g/mol. The Morgan fingerprint density at radius 2 is 1.48 bits per heavy atom. The summed E-state index contributed by atoms with van der Waals surface area (Å²) < 4.78 is 14.8. The summed E-state index contributed by atoms with van der Waals surface area (Å²) in [5.74, 6) is -1.38. The Labute approximate surface area is 193 Å². The van der Waals surface area contributed by atoms with Gasteiger partial charge >= 0.3 is 194 Å². The number of carbonyl (C=O) groups excluding carboxylic acids is 2. The SMILES string of the molecule is C=CC1CC(C(=O)OC)(C(=O)OC)CC1(C#N)[CH2][Sn]([CH2]CCC)([CH2]CCC)[CH2]CCC. The fourth-order valence-electron chi connectivity index (χ4n) is 5.73. The van der Waals surface area contributed by atoms with Crippen molar-refractivity contribution in [3.05, 3.63) is 12.7 Å². The molecule has 1 aliphatic carbocycles. The number of nitriles is 1.